The van der Waals surface area contributed by atoms with E-state index in [1.54, 1.807) is 0 Å². The Morgan fingerprint density at radius 2 is 0.896 bits per heavy atom. The number of hydrogen-bond acceptors (Lipinski definition) is 1. The first-order valence-corrected chi connectivity index (χ1v) is 26.1. The van der Waals surface area contributed by atoms with Crippen molar-refractivity contribution in [3.8, 4) is 0 Å². The Labute approximate surface area is 404 Å². The van der Waals surface area contributed by atoms with Crippen molar-refractivity contribution in [1.29, 1.82) is 0 Å². The van der Waals surface area contributed by atoms with Crippen molar-refractivity contribution >= 4 is 50.3 Å². The molecule has 67 heavy (non-hydrogen) atoms. The van der Waals surface area contributed by atoms with Gasteiger partial charge in [0.1, 0.15) is 0 Å². The first kappa shape index (κ1) is 46.7. The van der Waals surface area contributed by atoms with Crippen LogP contribution in [0.5, 0.6) is 0 Å². The summed E-state index contributed by atoms with van der Waals surface area (Å²) in [7, 11) is 0. The predicted octanol–water partition coefficient (Wildman–Crippen LogP) is 20.0. The highest BCUT2D eigenvalue weighted by Gasteiger charge is 2.28. The third-order valence-corrected chi connectivity index (χ3v) is 15.6. The molecule has 0 saturated heterocycles. The maximum Gasteiger partial charge on any atom is 0.0618 e. The largest absolute Gasteiger partial charge is 0.309 e. The second-order valence-corrected chi connectivity index (χ2v) is 23.1. The zero-order chi connectivity index (χ0) is 47.0. The summed E-state index contributed by atoms with van der Waals surface area (Å²) in [6.07, 6.45) is 15.5. The van der Waals surface area contributed by atoms with E-state index >= 15 is 0 Å². The SMILES string of the molecule is CC(C)c1ccc(C=C(c2ccc(C(C)(C)C)cc2)c2c3cc(C4CCCCC4)ccc3c(N(c3ccc(C(C)C)cc3)c3ccc(C(C)(C)C)cc3)c3cc(C4CCCCC4)ccc23)cc1. The predicted molar refractivity (Wildman–Crippen MR) is 293 cm³/mol. The van der Waals surface area contributed by atoms with E-state index in [9.17, 15) is 0 Å². The van der Waals surface area contributed by atoms with E-state index in [0.717, 1.165) is 0 Å². The van der Waals surface area contributed by atoms with E-state index in [1.807, 2.05) is 0 Å². The van der Waals surface area contributed by atoms with E-state index in [4.69, 9.17) is 0 Å². The highest BCUT2D eigenvalue weighted by atomic mass is 15.1. The van der Waals surface area contributed by atoms with Crippen molar-refractivity contribution in [3.63, 3.8) is 0 Å². The third-order valence-electron chi connectivity index (χ3n) is 15.6. The van der Waals surface area contributed by atoms with Gasteiger partial charge in [0.25, 0.3) is 0 Å². The molecule has 1 heteroatoms. The van der Waals surface area contributed by atoms with E-state index in [-0.39, 0.29) is 10.8 Å². The summed E-state index contributed by atoms with van der Waals surface area (Å²) >= 11 is 0. The van der Waals surface area contributed by atoms with Gasteiger partial charge in [-0.2, -0.15) is 0 Å². The molecule has 2 fully saturated rings. The Kier molecular flexibility index (Phi) is 13.5. The average molecular weight is 884 g/mol. The number of anilines is 3. The number of fused-ring (bicyclic) bond motifs is 2. The highest BCUT2D eigenvalue weighted by Crippen LogP contribution is 2.51. The molecule has 0 N–H and O–H groups in total. The van der Waals surface area contributed by atoms with Crippen molar-refractivity contribution in [2.24, 2.45) is 0 Å². The monoisotopic (exact) mass is 884 g/mol. The molecule has 9 rings (SSSR count). The molecular formula is C66H77N. The van der Waals surface area contributed by atoms with Crippen LogP contribution in [-0.4, -0.2) is 0 Å². The minimum absolute atomic E-state index is 0.0522. The third kappa shape index (κ3) is 9.95. The minimum atomic E-state index is 0.0522. The van der Waals surface area contributed by atoms with Crippen molar-refractivity contribution in [3.05, 3.63) is 184 Å². The molecule has 346 valence electrons. The Balaban J connectivity index is 1.42. The van der Waals surface area contributed by atoms with Crippen LogP contribution in [0.2, 0.25) is 0 Å². The Morgan fingerprint density at radius 1 is 0.463 bits per heavy atom. The van der Waals surface area contributed by atoms with Crippen LogP contribution < -0.4 is 4.90 Å². The summed E-state index contributed by atoms with van der Waals surface area (Å²) in [5, 5.41) is 5.30. The summed E-state index contributed by atoms with van der Waals surface area (Å²) in [5.41, 5.74) is 17.3. The molecule has 0 spiro atoms. The van der Waals surface area contributed by atoms with Crippen LogP contribution in [0.3, 0.4) is 0 Å². The van der Waals surface area contributed by atoms with Crippen molar-refractivity contribution in [1.82, 2.24) is 0 Å². The molecule has 1 nitrogen and oxygen atoms in total. The van der Waals surface area contributed by atoms with E-state index in [1.165, 1.54) is 158 Å². The van der Waals surface area contributed by atoms with Gasteiger partial charge >= 0.3 is 0 Å². The fourth-order valence-corrected chi connectivity index (χ4v) is 11.3. The van der Waals surface area contributed by atoms with Crippen LogP contribution in [0.25, 0.3) is 33.2 Å². The molecular weight excluding hydrogens is 807 g/mol. The maximum absolute atomic E-state index is 2.64. The molecule has 0 atom stereocenters. The molecule has 7 aromatic rings. The summed E-state index contributed by atoms with van der Waals surface area (Å²) in [6, 6.07) is 53.2. The van der Waals surface area contributed by atoms with Gasteiger partial charge in [0.15, 0.2) is 0 Å². The van der Waals surface area contributed by atoms with Gasteiger partial charge in [0.05, 0.1) is 5.69 Å². The Morgan fingerprint density at radius 3 is 1.37 bits per heavy atom. The summed E-state index contributed by atoms with van der Waals surface area (Å²) < 4.78 is 0. The smallest absolute Gasteiger partial charge is 0.0618 e. The summed E-state index contributed by atoms with van der Waals surface area (Å²) in [5.74, 6) is 2.08. The molecule has 2 saturated carbocycles. The van der Waals surface area contributed by atoms with Gasteiger partial charge in [-0.05, 0) is 163 Å². The standard InChI is InChI=1S/C66H77N/c1-44(2)47-23-21-46(22-24-47)41-60(51-25-31-54(32-26-51)65(5,6)7)63-58-39-29-53(50-19-15-12-16-20-50)43-62(58)64(59-40-30-52(42-61(59)63)49-17-13-11-14-18-49)67(56-35-27-48(28-36-56)45(3)4)57-37-33-55(34-38-57)66(8,9)10/h21-45,49-50H,11-20H2,1-10H3. The number of benzene rings is 7. The summed E-state index contributed by atoms with van der Waals surface area (Å²) in [6.45, 7) is 23.1. The quantitative estimate of drug-likeness (QED) is 0.0977. The number of rotatable bonds is 10. The zero-order valence-corrected chi connectivity index (χ0v) is 42.6. The summed E-state index contributed by atoms with van der Waals surface area (Å²) in [4.78, 5) is 2.61. The lowest BCUT2D eigenvalue weighted by atomic mass is 9.79. The van der Waals surface area contributed by atoms with Crippen LogP contribution in [0.15, 0.2) is 133 Å². The van der Waals surface area contributed by atoms with Crippen LogP contribution in [0.4, 0.5) is 17.1 Å². The topological polar surface area (TPSA) is 3.24 Å². The normalized spacial score (nSPS) is 15.9. The molecule has 0 aliphatic heterocycles. The lowest BCUT2D eigenvalue weighted by Crippen LogP contribution is -2.14. The fraction of sp³-hybridized carbons (Fsp3) is 0.394. The highest BCUT2D eigenvalue weighted by molar-refractivity contribution is 6.22. The first-order chi connectivity index (χ1) is 32.1. The second-order valence-electron chi connectivity index (χ2n) is 23.1. The van der Waals surface area contributed by atoms with Crippen LogP contribution in [-0.2, 0) is 10.8 Å². The molecule has 0 heterocycles. The van der Waals surface area contributed by atoms with E-state index in [0.29, 0.717) is 23.7 Å². The lowest BCUT2D eigenvalue weighted by Gasteiger charge is -2.32. The van der Waals surface area contributed by atoms with E-state index in [2.05, 4.69) is 214 Å². The van der Waals surface area contributed by atoms with Crippen LogP contribution >= 0.6 is 0 Å². The van der Waals surface area contributed by atoms with E-state index < -0.39 is 0 Å². The minimum Gasteiger partial charge on any atom is -0.309 e. The molecule has 0 bridgehead atoms. The van der Waals surface area contributed by atoms with Gasteiger partial charge in [0.2, 0.25) is 0 Å². The zero-order valence-electron chi connectivity index (χ0n) is 42.6. The Bertz CT molecular complexity index is 2830. The maximum atomic E-state index is 2.64. The van der Waals surface area contributed by atoms with Gasteiger partial charge in [-0.1, -0.05) is 211 Å². The van der Waals surface area contributed by atoms with Gasteiger partial charge in [-0.3, -0.25) is 0 Å². The van der Waals surface area contributed by atoms with Crippen LogP contribution in [0, 0.1) is 0 Å². The van der Waals surface area contributed by atoms with Crippen molar-refractivity contribution in [2.45, 2.75) is 168 Å². The van der Waals surface area contributed by atoms with Gasteiger partial charge in [-0.15, -0.1) is 0 Å². The van der Waals surface area contributed by atoms with Gasteiger partial charge < -0.3 is 4.90 Å². The number of nitrogens with zero attached hydrogens (tertiary/aromatic N) is 1. The van der Waals surface area contributed by atoms with Crippen LogP contribution in [0.1, 0.15) is 207 Å². The fourth-order valence-electron chi connectivity index (χ4n) is 11.3. The van der Waals surface area contributed by atoms with Crippen molar-refractivity contribution < 1.29 is 0 Å². The average Bonchev–Trinajstić information content (AvgIpc) is 3.33. The molecule has 0 unspecified atom stereocenters. The molecule has 0 aromatic heterocycles. The second kappa shape index (κ2) is 19.3. The molecule has 2 aliphatic carbocycles. The molecule has 0 amide bonds. The Hall–Kier alpha value is -5.40. The number of hydrogen-bond donors (Lipinski definition) is 0. The first-order valence-electron chi connectivity index (χ1n) is 26.1. The van der Waals surface area contributed by atoms with Crippen molar-refractivity contribution in [2.75, 3.05) is 4.90 Å². The molecule has 7 aromatic carbocycles. The lowest BCUT2D eigenvalue weighted by molar-refractivity contribution is 0.444. The van der Waals surface area contributed by atoms with Gasteiger partial charge in [0, 0.05) is 22.1 Å². The molecule has 2 aliphatic rings. The van der Waals surface area contributed by atoms with Gasteiger partial charge in [-0.25, -0.2) is 0 Å². The molecule has 0 radical (unpaired) electrons.